The van der Waals surface area contributed by atoms with Crippen molar-refractivity contribution in [1.82, 2.24) is 4.31 Å². The summed E-state index contributed by atoms with van der Waals surface area (Å²) in [6.45, 7) is 0.279. The molecule has 0 bridgehead atoms. The molecule has 1 saturated carbocycles. The van der Waals surface area contributed by atoms with Gasteiger partial charge < -0.3 is 4.74 Å². The van der Waals surface area contributed by atoms with Gasteiger partial charge in [-0.15, -0.1) is 0 Å². The molecule has 0 unspecified atom stereocenters. The average molecular weight is 414 g/mol. The molecule has 2 aromatic carbocycles. The third kappa shape index (κ3) is 3.63. The summed E-state index contributed by atoms with van der Waals surface area (Å²) < 4.78 is 46.2. The molecule has 0 heterocycles. The molecular formula is C17H17BrFNO3S. The first-order valence-electron chi connectivity index (χ1n) is 7.51. The van der Waals surface area contributed by atoms with E-state index >= 15 is 0 Å². The summed E-state index contributed by atoms with van der Waals surface area (Å²) in [4.78, 5) is 0.0873. The van der Waals surface area contributed by atoms with Crippen molar-refractivity contribution in [3.05, 3.63) is 58.3 Å². The van der Waals surface area contributed by atoms with Gasteiger partial charge in [0.2, 0.25) is 10.0 Å². The zero-order valence-electron chi connectivity index (χ0n) is 13.1. The number of benzene rings is 2. The van der Waals surface area contributed by atoms with Crippen LogP contribution in [0.3, 0.4) is 0 Å². The fourth-order valence-corrected chi connectivity index (χ4v) is 5.18. The lowest BCUT2D eigenvalue weighted by molar-refractivity contribution is 0.396. The molecule has 128 valence electrons. The summed E-state index contributed by atoms with van der Waals surface area (Å²) in [7, 11) is -2.13. The van der Waals surface area contributed by atoms with Gasteiger partial charge in [0.25, 0.3) is 0 Å². The summed E-state index contributed by atoms with van der Waals surface area (Å²) in [5, 5.41) is 0. The molecule has 7 heteroatoms. The highest BCUT2D eigenvalue weighted by Crippen LogP contribution is 2.36. The number of ether oxygens (including phenoxy) is 1. The van der Waals surface area contributed by atoms with Crippen molar-refractivity contribution in [1.29, 1.82) is 0 Å². The van der Waals surface area contributed by atoms with Gasteiger partial charge in [-0.2, -0.15) is 4.31 Å². The highest BCUT2D eigenvalue weighted by molar-refractivity contribution is 9.10. The van der Waals surface area contributed by atoms with Crippen LogP contribution >= 0.6 is 15.9 Å². The predicted molar refractivity (Wildman–Crippen MR) is 92.8 cm³/mol. The minimum absolute atomic E-state index is 0.00550. The number of halogens is 2. The Morgan fingerprint density at radius 2 is 1.88 bits per heavy atom. The quantitative estimate of drug-likeness (QED) is 0.719. The lowest BCUT2D eigenvalue weighted by Gasteiger charge is -2.23. The van der Waals surface area contributed by atoms with Gasteiger partial charge in [-0.3, -0.25) is 0 Å². The average Bonchev–Trinajstić information content (AvgIpc) is 3.37. The van der Waals surface area contributed by atoms with E-state index in [0.29, 0.717) is 0 Å². The van der Waals surface area contributed by atoms with Crippen molar-refractivity contribution in [3.8, 4) is 5.75 Å². The third-order valence-electron chi connectivity index (χ3n) is 3.93. The Bertz CT molecular complexity index is 835. The van der Waals surface area contributed by atoms with Crippen molar-refractivity contribution in [2.75, 3.05) is 7.11 Å². The van der Waals surface area contributed by atoms with Gasteiger partial charge >= 0.3 is 0 Å². The number of sulfonamides is 1. The van der Waals surface area contributed by atoms with Crippen LogP contribution in [0.4, 0.5) is 4.39 Å². The van der Waals surface area contributed by atoms with E-state index in [-0.39, 0.29) is 22.0 Å². The molecule has 0 amide bonds. The molecule has 1 fully saturated rings. The maximum absolute atomic E-state index is 13.3. The maximum atomic E-state index is 13.3. The first-order valence-corrected chi connectivity index (χ1v) is 9.75. The van der Waals surface area contributed by atoms with Gasteiger partial charge in [0.15, 0.2) is 0 Å². The first-order chi connectivity index (χ1) is 11.4. The minimum Gasteiger partial charge on any atom is -0.497 e. The highest BCUT2D eigenvalue weighted by atomic mass is 79.9. The van der Waals surface area contributed by atoms with Gasteiger partial charge in [-0.25, -0.2) is 12.8 Å². The summed E-state index contributed by atoms with van der Waals surface area (Å²) in [5.74, 6) is 0.245. The Morgan fingerprint density at radius 3 is 2.42 bits per heavy atom. The molecule has 0 atom stereocenters. The van der Waals surface area contributed by atoms with Crippen LogP contribution in [-0.2, 0) is 16.6 Å². The summed E-state index contributed by atoms with van der Waals surface area (Å²) in [5.41, 5.74) is 0.879. The molecule has 2 aromatic rings. The monoisotopic (exact) mass is 413 g/mol. The van der Waals surface area contributed by atoms with Crippen molar-refractivity contribution in [2.24, 2.45) is 0 Å². The largest absolute Gasteiger partial charge is 0.497 e. The molecule has 0 N–H and O–H groups in total. The molecule has 3 rings (SSSR count). The van der Waals surface area contributed by atoms with E-state index in [4.69, 9.17) is 4.74 Å². The number of nitrogens with zero attached hydrogens (tertiary/aromatic N) is 1. The third-order valence-corrected chi connectivity index (χ3v) is 6.81. The molecule has 0 saturated heterocycles. The Morgan fingerprint density at radius 1 is 1.21 bits per heavy atom. The number of hydrogen-bond donors (Lipinski definition) is 0. The molecule has 24 heavy (non-hydrogen) atoms. The van der Waals surface area contributed by atoms with Crippen LogP contribution in [0, 0.1) is 5.82 Å². The zero-order valence-corrected chi connectivity index (χ0v) is 15.5. The number of methoxy groups -OCH3 is 1. The molecule has 4 nitrogen and oxygen atoms in total. The van der Waals surface area contributed by atoms with Gasteiger partial charge in [0, 0.05) is 17.1 Å². The van der Waals surface area contributed by atoms with Crippen LogP contribution < -0.4 is 4.74 Å². The van der Waals surface area contributed by atoms with Crippen LogP contribution in [0.25, 0.3) is 0 Å². The fourth-order valence-electron chi connectivity index (χ4n) is 2.49. The smallest absolute Gasteiger partial charge is 0.244 e. The van der Waals surface area contributed by atoms with Gasteiger partial charge in [-0.1, -0.05) is 12.1 Å². The Labute approximate surface area is 149 Å². The van der Waals surface area contributed by atoms with E-state index in [1.165, 1.54) is 16.4 Å². The van der Waals surface area contributed by atoms with Crippen LogP contribution in [0.2, 0.25) is 0 Å². The van der Waals surface area contributed by atoms with E-state index < -0.39 is 15.8 Å². The van der Waals surface area contributed by atoms with Gasteiger partial charge in [-0.05, 0) is 64.7 Å². The maximum Gasteiger partial charge on any atom is 0.244 e. The first kappa shape index (κ1) is 17.4. The SMILES string of the molecule is COc1ccc(CN(C2CC2)S(=O)(=O)c2ccc(F)cc2Br)cc1. The second kappa shape index (κ2) is 6.82. The molecule has 0 aromatic heterocycles. The highest BCUT2D eigenvalue weighted by Gasteiger charge is 2.38. The lowest BCUT2D eigenvalue weighted by atomic mass is 10.2. The van der Waals surface area contributed by atoms with E-state index in [9.17, 15) is 12.8 Å². The molecular weight excluding hydrogens is 397 g/mol. The van der Waals surface area contributed by atoms with Crippen molar-refractivity contribution in [3.63, 3.8) is 0 Å². The standard InChI is InChI=1S/C17H17BrFNO3S/c1-23-15-7-2-12(3-8-15)11-20(14-5-6-14)24(21,22)17-9-4-13(19)10-16(17)18/h2-4,7-10,14H,5-6,11H2,1H3. The van der Waals surface area contributed by atoms with Crippen molar-refractivity contribution in [2.45, 2.75) is 30.3 Å². The van der Waals surface area contributed by atoms with Crippen LogP contribution in [0.5, 0.6) is 5.75 Å². The van der Waals surface area contributed by atoms with Gasteiger partial charge in [0.1, 0.15) is 11.6 Å². The van der Waals surface area contributed by atoms with E-state index in [0.717, 1.165) is 30.2 Å². The summed E-state index contributed by atoms with van der Waals surface area (Å²) >= 11 is 3.16. The fraction of sp³-hybridized carbons (Fsp3) is 0.294. The summed E-state index contributed by atoms with van der Waals surface area (Å²) in [6.07, 6.45) is 1.68. The molecule has 0 radical (unpaired) electrons. The Hall–Kier alpha value is -1.44. The zero-order chi connectivity index (χ0) is 17.3. The summed E-state index contributed by atoms with van der Waals surface area (Å²) in [6, 6.07) is 10.9. The second-order valence-corrected chi connectivity index (χ2v) is 8.42. The van der Waals surface area contributed by atoms with Crippen molar-refractivity contribution >= 4 is 26.0 Å². The normalized spacial score (nSPS) is 14.8. The Balaban J connectivity index is 1.92. The van der Waals surface area contributed by atoms with Crippen molar-refractivity contribution < 1.29 is 17.5 Å². The van der Waals surface area contributed by atoms with E-state index in [1.54, 1.807) is 19.2 Å². The lowest BCUT2D eigenvalue weighted by Crippen LogP contribution is -2.33. The minimum atomic E-state index is -3.71. The molecule has 0 aliphatic heterocycles. The Kier molecular flexibility index (Phi) is 4.94. The number of hydrogen-bond acceptors (Lipinski definition) is 3. The van der Waals surface area contributed by atoms with Crippen LogP contribution in [0.15, 0.2) is 51.8 Å². The molecule has 1 aliphatic rings. The molecule has 0 spiro atoms. The van der Waals surface area contributed by atoms with Crippen LogP contribution in [-0.4, -0.2) is 25.9 Å². The molecule has 1 aliphatic carbocycles. The second-order valence-electron chi connectivity index (χ2n) is 5.70. The van der Waals surface area contributed by atoms with Crippen LogP contribution in [0.1, 0.15) is 18.4 Å². The van der Waals surface area contributed by atoms with Gasteiger partial charge in [0.05, 0.1) is 12.0 Å². The number of rotatable bonds is 6. The predicted octanol–water partition coefficient (Wildman–Crippen LogP) is 3.95. The topological polar surface area (TPSA) is 46.6 Å². The van der Waals surface area contributed by atoms with E-state index in [1.807, 2.05) is 12.1 Å². The van der Waals surface area contributed by atoms with E-state index in [2.05, 4.69) is 15.9 Å².